The maximum absolute atomic E-state index is 12.4. The highest BCUT2D eigenvalue weighted by Crippen LogP contribution is 2.31. The van der Waals surface area contributed by atoms with Crippen molar-refractivity contribution in [3.8, 4) is 0 Å². The van der Waals surface area contributed by atoms with E-state index in [9.17, 15) is 18.0 Å². The lowest BCUT2D eigenvalue weighted by molar-refractivity contribution is -0.187. The van der Waals surface area contributed by atoms with Crippen molar-refractivity contribution in [1.82, 2.24) is 14.5 Å². The lowest BCUT2D eigenvalue weighted by Crippen LogP contribution is -2.52. The highest BCUT2D eigenvalue weighted by atomic mass is 19.4. The number of hydrogen-bond donors (Lipinski definition) is 1. The fourth-order valence-electron chi connectivity index (χ4n) is 2.33. The summed E-state index contributed by atoms with van der Waals surface area (Å²) in [6, 6.07) is 0. The standard InChI is InChI=1S/C12H17F3N4O/c1-2-18-7-9(17-8-18)11(16)3-5-19(6-4-11)10(20)12(13,14)15/h7-8H,2-6,16H2,1H3. The van der Waals surface area contributed by atoms with Gasteiger partial charge in [-0.1, -0.05) is 0 Å². The van der Waals surface area contributed by atoms with Crippen molar-refractivity contribution in [2.24, 2.45) is 5.73 Å². The van der Waals surface area contributed by atoms with Gasteiger partial charge in [-0.2, -0.15) is 13.2 Å². The number of halogens is 3. The van der Waals surface area contributed by atoms with Crippen LogP contribution in [0.15, 0.2) is 12.5 Å². The van der Waals surface area contributed by atoms with E-state index in [0.717, 1.165) is 11.4 Å². The molecule has 2 rings (SSSR count). The number of aryl methyl sites for hydroxylation is 1. The van der Waals surface area contributed by atoms with Gasteiger partial charge in [0, 0.05) is 25.8 Å². The molecule has 0 unspecified atom stereocenters. The predicted molar refractivity (Wildman–Crippen MR) is 65.6 cm³/mol. The summed E-state index contributed by atoms with van der Waals surface area (Å²) in [6.07, 6.45) is -0.818. The number of amides is 1. The highest BCUT2D eigenvalue weighted by molar-refractivity contribution is 5.81. The molecule has 2 N–H and O–H groups in total. The van der Waals surface area contributed by atoms with Crippen LogP contribution in [0.3, 0.4) is 0 Å². The molecule has 8 heteroatoms. The van der Waals surface area contributed by atoms with Gasteiger partial charge in [0.1, 0.15) is 0 Å². The van der Waals surface area contributed by atoms with Crippen LogP contribution in [0.2, 0.25) is 0 Å². The van der Waals surface area contributed by atoms with E-state index in [0.29, 0.717) is 5.69 Å². The van der Waals surface area contributed by atoms with E-state index in [4.69, 9.17) is 5.73 Å². The van der Waals surface area contributed by atoms with Crippen LogP contribution >= 0.6 is 0 Å². The monoisotopic (exact) mass is 290 g/mol. The van der Waals surface area contributed by atoms with E-state index < -0.39 is 17.6 Å². The van der Waals surface area contributed by atoms with Crippen LogP contribution in [0.25, 0.3) is 0 Å². The zero-order chi connectivity index (χ0) is 15.0. The summed E-state index contributed by atoms with van der Waals surface area (Å²) in [5.41, 5.74) is 6.13. The average molecular weight is 290 g/mol. The Morgan fingerprint density at radius 3 is 2.50 bits per heavy atom. The number of nitrogens with two attached hydrogens (primary N) is 1. The van der Waals surface area contributed by atoms with Crippen LogP contribution in [0.1, 0.15) is 25.5 Å². The maximum atomic E-state index is 12.4. The lowest BCUT2D eigenvalue weighted by Gasteiger charge is -2.38. The van der Waals surface area contributed by atoms with E-state index in [-0.39, 0.29) is 25.9 Å². The number of carbonyl (C=O) groups excluding carboxylic acids is 1. The fourth-order valence-corrected chi connectivity index (χ4v) is 2.33. The molecule has 1 aromatic heterocycles. The number of carbonyl (C=O) groups is 1. The third-order valence-electron chi connectivity index (χ3n) is 3.69. The molecule has 5 nitrogen and oxygen atoms in total. The molecule has 0 radical (unpaired) electrons. The summed E-state index contributed by atoms with van der Waals surface area (Å²) >= 11 is 0. The summed E-state index contributed by atoms with van der Waals surface area (Å²) in [6.45, 7) is 2.70. The van der Waals surface area contributed by atoms with Gasteiger partial charge in [-0.3, -0.25) is 4.79 Å². The summed E-state index contributed by atoms with van der Waals surface area (Å²) in [5, 5.41) is 0. The SMILES string of the molecule is CCn1cnc(C2(N)CCN(C(=O)C(F)(F)F)CC2)c1. The average Bonchev–Trinajstić information content (AvgIpc) is 2.87. The van der Waals surface area contributed by atoms with E-state index in [2.05, 4.69) is 4.98 Å². The number of piperidine rings is 1. The molecule has 1 aliphatic heterocycles. The number of nitrogens with zero attached hydrogens (tertiary/aromatic N) is 3. The second kappa shape index (κ2) is 5.08. The third kappa shape index (κ3) is 2.79. The normalized spacial score (nSPS) is 19.1. The second-order valence-corrected chi connectivity index (χ2v) is 5.04. The Labute approximate surface area is 114 Å². The van der Waals surface area contributed by atoms with Crippen molar-refractivity contribution >= 4 is 5.91 Å². The molecule has 1 aliphatic rings. The minimum Gasteiger partial charge on any atom is -0.337 e. The van der Waals surface area contributed by atoms with Crippen LogP contribution in [-0.2, 0) is 16.9 Å². The molecule has 0 bridgehead atoms. The van der Waals surface area contributed by atoms with Crippen molar-refractivity contribution in [2.75, 3.05) is 13.1 Å². The number of aromatic nitrogens is 2. The quantitative estimate of drug-likeness (QED) is 0.891. The molecule has 0 spiro atoms. The Bertz CT molecular complexity index is 489. The summed E-state index contributed by atoms with van der Waals surface area (Å²) < 4.78 is 38.9. The van der Waals surface area contributed by atoms with Gasteiger partial charge in [0.25, 0.3) is 0 Å². The number of likely N-dealkylation sites (tertiary alicyclic amines) is 1. The second-order valence-electron chi connectivity index (χ2n) is 5.04. The first kappa shape index (κ1) is 14.8. The van der Waals surface area contributed by atoms with Gasteiger partial charge in [-0.25, -0.2) is 4.98 Å². The van der Waals surface area contributed by atoms with Crippen molar-refractivity contribution in [3.63, 3.8) is 0 Å². The molecule has 0 aromatic carbocycles. The molecule has 2 heterocycles. The predicted octanol–water partition coefficient (Wildman–Crippen LogP) is 1.24. The minimum atomic E-state index is -4.82. The first-order valence-electron chi connectivity index (χ1n) is 6.43. The molecule has 0 saturated carbocycles. The van der Waals surface area contributed by atoms with Gasteiger partial charge < -0.3 is 15.2 Å². The van der Waals surface area contributed by atoms with Crippen LogP contribution in [0, 0.1) is 0 Å². The highest BCUT2D eigenvalue weighted by Gasteiger charge is 2.45. The van der Waals surface area contributed by atoms with E-state index in [1.807, 2.05) is 11.5 Å². The van der Waals surface area contributed by atoms with Crippen molar-refractivity contribution in [3.05, 3.63) is 18.2 Å². The van der Waals surface area contributed by atoms with Crippen molar-refractivity contribution in [1.29, 1.82) is 0 Å². The van der Waals surface area contributed by atoms with Crippen molar-refractivity contribution < 1.29 is 18.0 Å². The molecule has 20 heavy (non-hydrogen) atoms. The van der Waals surface area contributed by atoms with E-state index >= 15 is 0 Å². The summed E-state index contributed by atoms with van der Waals surface area (Å²) in [5.74, 6) is -1.79. The molecule has 0 aliphatic carbocycles. The van der Waals surface area contributed by atoms with Crippen molar-refractivity contribution in [2.45, 2.75) is 38.0 Å². The number of rotatable bonds is 2. The molecule has 112 valence electrons. The molecule has 1 aromatic rings. The molecular formula is C12H17F3N4O. The molecule has 0 atom stereocenters. The van der Waals surface area contributed by atoms with Gasteiger partial charge in [-0.05, 0) is 19.8 Å². The van der Waals surface area contributed by atoms with Crippen LogP contribution in [0.5, 0.6) is 0 Å². The maximum Gasteiger partial charge on any atom is 0.471 e. The largest absolute Gasteiger partial charge is 0.471 e. The topological polar surface area (TPSA) is 64.2 Å². The fraction of sp³-hybridized carbons (Fsp3) is 0.667. The summed E-state index contributed by atoms with van der Waals surface area (Å²) in [7, 11) is 0. The van der Waals surface area contributed by atoms with Crippen LogP contribution in [-0.4, -0.2) is 39.6 Å². The van der Waals surface area contributed by atoms with Gasteiger partial charge >= 0.3 is 12.1 Å². The van der Waals surface area contributed by atoms with E-state index in [1.54, 1.807) is 12.5 Å². The minimum absolute atomic E-state index is 0.00612. The lowest BCUT2D eigenvalue weighted by atomic mass is 9.86. The molecule has 1 amide bonds. The van der Waals surface area contributed by atoms with Gasteiger partial charge in [-0.15, -0.1) is 0 Å². The third-order valence-corrected chi connectivity index (χ3v) is 3.69. The van der Waals surface area contributed by atoms with Crippen LogP contribution < -0.4 is 5.73 Å². The number of alkyl halides is 3. The molecule has 1 saturated heterocycles. The van der Waals surface area contributed by atoms with Crippen LogP contribution in [0.4, 0.5) is 13.2 Å². The number of imidazole rings is 1. The number of hydrogen-bond acceptors (Lipinski definition) is 3. The first-order chi connectivity index (χ1) is 9.26. The summed E-state index contributed by atoms with van der Waals surface area (Å²) in [4.78, 5) is 16.2. The van der Waals surface area contributed by atoms with Gasteiger partial charge in [0.05, 0.1) is 17.6 Å². The Morgan fingerprint density at radius 2 is 2.05 bits per heavy atom. The Kier molecular flexibility index (Phi) is 3.77. The molecular weight excluding hydrogens is 273 g/mol. The Hall–Kier alpha value is -1.57. The Morgan fingerprint density at radius 1 is 1.45 bits per heavy atom. The first-order valence-corrected chi connectivity index (χ1v) is 6.43. The van der Waals surface area contributed by atoms with Gasteiger partial charge in [0.15, 0.2) is 0 Å². The zero-order valence-electron chi connectivity index (χ0n) is 11.2. The van der Waals surface area contributed by atoms with E-state index in [1.165, 1.54) is 0 Å². The zero-order valence-corrected chi connectivity index (χ0v) is 11.2. The smallest absolute Gasteiger partial charge is 0.337 e. The molecule has 1 fully saturated rings. The van der Waals surface area contributed by atoms with Gasteiger partial charge in [0.2, 0.25) is 0 Å². The Balaban J connectivity index is 2.04.